The van der Waals surface area contributed by atoms with Crippen LogP contribution in [0.4, 0.5) is 0 Å². The Balaban J connectivity index is 2.20. The van der Waals surface area contributed by atoms with Crippen LogP contribution in [0.3, 0.4) is 0 Å². The van der Waals surface area contributed by atoms with Gasteiger partial charge in [-0.3, -0.25) is 0 Å². The first-order chi connectivity index (χ1) is 12.8. The van der Waals surface area contributed by atoms with Crippen LogP contribution < -0.4 is 25.3 Å². The van der Waals surface area contributed by atoms with Crippen molar-refractivity contribution in [1.82, 2.24) is 0 Å². The molecule has 1 aromatic heterocycles. The van der Waals surface area contributed by atoms with Crippen molar-refractivity contribution in [2.24, 2.45) is 0 Å². The summed E-state index contributed by atoms with van der Waals surface area (Å²) in [6, 6.07) is 2.78. The molecule has 2 atom stereocenters. The molecule has 0 bridgehead atoms. The normalized spacial score (nSPS) is 15.6. The third kappa shape index (κ3) is 3.74. The Morgan fingerprint density at radius 3 is 2.22 bits per heavy atom. The number of fused-ring (bicyclic) bond motifs is 3. The van der Waals surface area contributed by atoms with Gasteiger partial charge in [-0.2, -0.15) is 0 Å². The fourth-order valence-electron chi connectivity index (χ4n) is 3.16. The number of carbonyl (C=O) groups is 2. The van der Waals surface area contributed by atoms with E-state index < -0.39 is 29.8 Å². The van der Waals surface area contributed by atoms with Gasteiger partial charge in [0.15, 0.2) is 0 Å². The van der Waals surface area contributed by atoms with Gasteiger partial charge in [-0.25, -0.2) is 4.79 Å². The zero-order valence-electron chi connectivity index (χ0n) is 14.9. The van der Waals surface area contributed by atoms with Crippen molar-refractivity contribution in [3.05, 3.63) is 33.7 Å². The average molecular weight is 374 g/mol. The van der Waals surface area contributed by atoms with E-state index in [9.17, 15) is 24.6 Å². The number of rotatable bonds is 6. The zero-order chi connectivity index (χ0) is 19.7. The van der Waals surface area contributed by atoms with Crippen LogP contribution in [0.15, 0.2) is 21.3 Å². The van der Waals surface area contributed by atoms with E-state index in [-0.39, 0.29) is 17.1 Å². The van der Waals surface area contributed by atoms with E-state index in [1.807, 2.05) is 0 Å². The summed E-state index contributed by atoms with van der Waals surface area (Å²) < 4.78 is 16.2. The van der Waals surface area contributed by atoms with E-state index in [4.69, 9.17) is 13.9 Å². The molecule has 0 radical (unpaired) electrons. The second kappa shape index (κ2) is 7.30. The molecule has 0 saturated carbocycles. The zero-order valence-corrected chi connectivity index (χ0v) is 14.9. The number of carboxylic acid groups (broad SMARTS) is 2. The van der Waals surface area contributed by atoms with Crippen LogP contribution >= 0.6 is 0 Å². The largest absolute Gasteiger partial charge is 0.546 e. The second-order valence-electron chi connectivity index (χ2n) is 6.51. The van der Waals surface area contributed by atoms with E-state index in [2.05, 4.69) is 0 Å². The van der Waals surface area contributed by atoms with Gasteiger partial charge in [0.05, 0.1) is 17.3 Å². The van der Waals surface area contributed by atoms with Crippen LogP contribution in [0.1, 0.15) is 37.8 Å². The highest BCUT2D eigenvalue weighted by atomic mass is 16.5. The first-order valence-corrected chi connectivity index (χ1v) is 8.65. The van der Waals surface area contributed by atoms with Gasteiger partial charge in [0.1, 0.15) is 29.3 Å². The number of carboxylic acids is 2. The Morgan fingerprint density at radius 2 is 1.59 bits per heavy atom. The first kappa shape index (κ1) is 18.8. The van der Waals surface area contributed by atoms with Crippen molar-refractivity contribution in [3.8, 4) is 11.5 Å². The second-order valence-corrected chi connectivity index (χ2v) is 6.51. The van der Waals surface area contributed by atoms with E-state index in [1.165, 1.54) is 26.0 Å². The Hall–Kier alpha value is -3.03. The molecular formula is C19H18O8-2. The van der Waals surface area contributed by atoms with E-state index in [1.54, 1.807) is 0 Å². The van der Waals surface area contributed by atoms with Crippen molar-refractivity contribution in [2.45, 2.75) is 51.7 Å². The summed E-state index contributed by atoms with van der Waals surface area (Å²) in [7, 11) is 0. The van der Waals surface area contributed by atoms with Crippen LogP contribution in [-0.4, -0.2) is 24.1 Å². The lowest BCUT2D eigenvalue weighted by Crippen LogP contribution is -2.37. The maximum atomic E-state index is 12.3. The van der Waals surface area contributed by atoms with E-state index >= 15 is 0 Å². The highest BCUT2D eigenvalue weighted by Gasteiger charge is 2.23. The van der Waals surface area contributed by atoms with Gasteiger partial charge in [-0.15, -0.1) is 0 Å². The van der Waals surface area contributed by atoms with Crippen LogP contribution in [0, 0.1) is 0 Å². The fourth-order valence-corrected chi connectivity index (χ4v) is 3.16. The molecule has 1 aliphatic carbocycles. The quantitative estimate of drug-likeness (QED) is 0.631. The van der Waals surface area contributed by atoms with Crippen LogP contribution in [-0.2, 0) is 22.4 Å². The van der Waals surface area contributed by atoms with Gasteiger partial charge in [0.2, 0.25) is 0 Å². The van der Waals surface area contributed by atoms with Crippen LogP contribution in [0.25, 0.3) is 11.0 Å². The third-order valence-electron chi connectivity index (χ3n) is 4.54. The summed E-state index contributed by atoms with van der Waals surface area (Å²) in [5.74, 6) is -2.65. The average Bonchev–Trinajstić information content (AvgIpc) is 2.61. The molecule has 8 heteroatoms. The maximum Gasteiger partial charge on any atom is 0.339 e. The highest BCUT2D eigenvalue weighted by molar-refractivity contribution is 5.90. The molecule has 0 unspecified atom stereocenters. The number of ether oxygens (including phenoxy) is 2. The molecule has 1 aromatic carbocycles. The maximum absolute atomic E-state index is 12.3. The predicted octanol–water partition coefficient (Wildman–Crippen LogP) is -0.294. The molecule has 144 valence electrons. The molecular weight excluding hydrogens is 356 g/mol. The predicted molar refractivity (Wildman–Crippen MR) is 89.3 cm³/mol. The molecule has 0 aliphatic heterocycles. The first-order valence-electron chi connectivity index (χ1n) is 8.65. The molecule has 8 nitrogen and oxygen atoms in total. The Labute approximate surface area is 154 Å². The lowest BCUT2D eigenvalue weighted by Gasteiger charge is -2.22. The molecule has 0 N–H and O–H groups in total. The highest BCUT2D eigenvalue weighted by Crippen LogP contribution is 2.37. The van der Waals surface area contributed by atoms with Crippen molar-refractivity contribution < 1.29 is 33.7 Å². The van der Waals surface area contributed by atoms with Crippen molar-refractivity contribution in [3.63, 3.8) is 0 Å². The van der Waals surface area contributed by atoms with Crippen LogP contribution in [0.2, 0.25) is 0 Å². The van der Waals surface area contributed by atoms with Crippen molar-refractivity contribution >= 4 is 22.9 Å². The Morgan fingerprint density at radius 1 is 1.00 bits per heavy atom. The molecule has 0 amide bonds. The van der Waals surface area contributed by atoms with Gasteiger partial charge in [0, 0.05) is 17.7 Å². The number of carbonyl (C=O) groups excluding carboxylic acids is 2. The molecule has 0 saturated heterocycles. The third-order valence-corrected chi connectivity index (χ3v) is 4.54. The molecule has 2 aromatic rings. The van der Waals surface area contributed by atoms with Gasteiger partial charge in [-0.05, 0) is 45.1 Å². The SMILES string of the molecule is C[C@H](Oc1cc(O[C@H](C)C(=O)[O-])c2c3c(c(=O)oc2c1)CCCC3)C(=O)[O-]. The summed E-state index contributed by atoms with van der Waals surface area (Å²) in [6.07, 6.45) is 0.401. The van der Waals surface area contributed by atoms with Gasteiger partial charge >= 0.3 is 5.63 Å². The lowest BCUT2D eigenvalue weighted by atomic mass is 9.90. The van der Waals surface area contributed by atoms with Crippen molar-refractivity contribution in [1.29, 1.82) is 0 Å². The minimum absolute atomic E-state index is 0.0543. The standard InChI is InChI=1S/C19H20O8/c1-9(17(20)21)25-11-7-14(26-10(2)18(22)23)16-12-5-3-4-6-13(12)19(24)27-15(16)8-11/h7-10H,3-6H2,1-2H3,(H,20,21)(H,22,23)/p-2/t9-,10+/m0/s1. The Kier molecular flexibility index (Phi) is 5.07. The minimum Gasteiger partial charge on any atom is -0.546 e. The van der Waals surface area contributed by atoms with Crippen LogP contribution in [0.5, 0.6) is 11.5 Å². The summed E-state index contributed by atoms with van der Waals surface area (Å²) >= 11 is 0. The van der Waals surface area contributed by atoms with E-state index in [0.29, 0.717) is 23.8 Å². The number of hydrogen-bond acceptors (Lipinski definition) is 8. The number of aryl methyl sites for hydroxylation is 1. The number of benzene rings is 1. The summed E-state index contributed by atoms with van der Waals surface area (Å²) in [5, 5.41) is 22.5. The molecule has 3 rings (SSSR count). The summed E-state index contributed by atoms with van der Waals surface area (Å²) in [6.45, 7) is 2.59. The molecule has 1 heterocycles. The fraction of sp³-hybridized carbons (Fsp3) is 0.421. The molecule has 0 spiro atoms. The van der Waals surface area contributed by atoms with Gasteiger partial charge in [-0.1, -0.05) is 0 Å². The smallest absolute Gasteiger partial charge is 0.339 e. The topological polar surface area (TPSA) is 129 Å². The van der Waals surface area contributed by atoms with Gasteiger partial charge < -0.3 is 33.7 Å². The lowest BCUT2D eigenvalue weighted by molar-refractivity contribution is -0.313. The molecule has 27 heavy (non-hydrogen) atoms. The monoisotopic (exact) mass is 374 g/mol. The molecule has 1 aliphatic rings. The van der Waals surface area contributed by atoms with E-state index in [0.717, 1.165) is 18.4 Å². The summed E-state index contributed by atoms with van der Waals surface area (Å²) in [5.41, 5.74) is 0.981. The Bertz CT molecular complexity index is 958. The molecule has 0 fully saturated rings. The number of aliphatic carboxylic acids is 2. The van der Waals surface area contributed by atoms with Crippen molar-refractivity contribution in [2.75, 3.05) is 0 Å². The summed E-state index contributed by atoms with van der Waals surface area (Å²) in [4.78, 5) is 34.4. The number of hydrogen-bond donors (Lipinski definition) is 0. The van der Waals surface area contributed by atoms with Gasteiger partial charge in [0.25, 0.3) is 0 Å². The minimum atomic E-state index is -1.42.